The van der Waals surface area contributed by atoms with Crippen molar-refractivity contribution in [1.29, 1.82) is 0 Å². The number of nitrogens with zero attached hydrogens (tertiary/aromatic N) is 4. The zero-order valence-electron chi connectivity index (χ0n) is 13.2. The molecule has 1 atom stereocenters. The van der Waals surface area contributed by atoms with Crippen molar-refractivity contribution in [2.24, 2.45) is 0 Å². The molecule has 0 fully saturated rings. The van der Waals surface area contributed by atoms with E-state index in [0.717, 1.165) is 6.42 Å². The van der Waals surface area contributed by atoms with Crippen LogP contribution in [0.1, 0.15) is 23.4 Å². The number of hydrogen-bond acceptors (Lipinski definition) is 5. The maximum absolute atomic E-state index is 12.8. The fourth-order valence-corrected chi connectivity index (χ4v) is 3.95. The Bertz CT molecular complexity index is 978. The van der Waals surface area contributed by atoms with Gasteiger partial charge in [-0.3, -0.25) is 9.59 Å². The van der Waals surface area contributed by atoms with Gasteiger partial charge in [0.1, 0.15) is 11.6 Å². The van der Waals surface area contributed by atoms with Gasteiger partial charge in [0.25, 0.3) is 5.56 Å². The summed E-state index contributed by atoms with van der Waals surface area (Å²) in [4.78, 5) is 28.6. The molecule has 24 heavy (non-hydrogen) atoms. The normalized spacial score (nSPS) is 15.3. The van der Waals surface area contributed by atoms with Crippen molar-refractivity contribution in [3.8, 4) is 0 Å². The second-order valence-electron chi connectivity index (χ2n) is 5.91. The monoisotopic (exact) mass is 340 g/mol. The molecule has 0 N–H and O–H groups in total. The van der Waals surface area contributed by atoms with Crippen molar-refractivity contribution in [3.05, 3.63) is 56.5 Å². The Balaban J connectivity index is 1.64. The van der Waals surface area contributed by atoms with Gasteiger partial charge >= 0.3 is 0 Å². The largest absolute Gasteiger partial charge is 0.336 e. The van der Waals surface area contributed by atoms with Crippen molar-refractivity contribution >= 4 is 28.1 Å². The highest BCUT2D eigenvalue weighted by molar-refractivity contribution is 7.10. The number of carbonyl (C=O) groups excluding carboxylic acids is 1. The lowest BCUT2D eigenvalue weighted by Crippen LogP contribution is -2.42. The minimum absolute atomic E-state index is 0.0986. The first-order valence-corrected chi connectivity index (χ1v) is 8.71. The first-order valence-electron chi connectivity index (χ1n) is 7.83. The molecule has 1 amide bonds. The van der Waals surface area contributed by atoms with Crippen LogP contribution in [0.3, 0.4) is 0 Å². The molecular weight excluding hydrogens is 324 g/mol. The fourth-order valence-electron chi connectivity index (χ4n) is 3.06. The number of carbonyl (C=O) groups is 1. The van der Waals surface area contributed by atoms with Gasteiger partial charge in [-0.15, -0.1) is 16.4 Å². The maximum atomic E-state index is 12.8. The summed E-state index contributed by atoms with van der Waals surface area (Å²) < 4.78 is 1.19. The molecule has 0 radical (unpaired) electrons. The summed E-state index contributed by atoms with van der Waals surface area (Å²) in [5, 5.41) is 10.6. The molecule has 7 heteroatoms. The topological polar surface area (TPSA) is 68.1 Å². The summed E-state index contributed by atoms with van der Waals surface area (Å²) in [6, 6.07) is 8.43. The molecule has 4 rings (SSSR count). The quantitative estimate of drug-likeness (QED) is 0.715. The molecule has 1 aliphatic heterocycles. The Morgan fingerprint density at radius 1 is 1.29 bits per heavy atom. The van der Waals surface area contributed by atoms with E-state index in [1.807, 2.05) is 6.07 Å². The third-order valence-corrected chi connectivity index (χ3v) is 5.46. The zero-order valence-corrected chi connectivity index (χ0v) is 14.0. The molecule has 6 nitrogen and oxygen atoms in total. The predicted octanol–water partition coefficient (Wildman–Crippen LogP) is 2.00. The number of hydrogen-bond donors (Lipinski definition) is 0. The maximum Gasteiger partial charge on any atom is 0.278 e. The van der Waals surface area contributed by atoms with Crippen LogP contribution in [-0.2, 0) is 17.8 Å². The SMILES string of the molecule is CC(C(=O)N1CCc2sccc2C1)n1nnc2ccccc2c1=O. The molecule has 0 saturated heterocycles. The van der Waals surface area contributed by atoms with Crippen molar-refractivity contribution < 1.29 is 4.79 Å². The Kier molecular flexibility index (Phi) is 3.65. The number of rotatable bonds is 2. The average Bonchev–Trinajstić information content (AvgIpc) is 3.09. The zero-order chi connectivity index (χ0) is 16.7. The van der Waals surface area contributed by atoms with Gasteiger partial charge in [0.2, 0.25) is 5.91 Å². The lowest BCUT2D eigenvalue weighted by atomic mass is 10.1. The van der Waals surface area contributed by atoms with Gasteiger partial charge in [-0.05, 0) is 42.5 Å². The summed E-state index contributed by atoms with van der Waals surface area (Å²) in [6.07, 6.45) is 0.865. The van der Waals surface area contributed by atoms with Crippen LogP contribution in [0, 0.1) is 0 Å². The van der Waals surface area contributed by atoms with Gasteiger partial charge in [-0.25, -0.2) is 0 Å². The van der Waals surface area contributed by atoms with Crippen LogP contribution in [0.25, 0.3) is 10.9 Å². The minimum Gasteiger partial charge on any atom is -0.336 e. The summed E-state index contributed by atoms with van der Waals surface area (Å²) in [6.45, 7) is 2.97. The first kappa shape index (κ1) is 15.0. The van der Waals surface area contributed by atoms with Gasteiger partial charge in [0.15, 0.2) is 0 Å². The molecule has 0 bridgehead atoms. The van der Waals surface area contributed by atoms with E-state index in [1.54, 1.807) is 41.4 Å². The molecule has 2 aromatic heterocycles. The van der Waals surface area contributed by atoms with E-state index in [2.05, 4.69) is 21.8 Å². The Morgan fingerprint density at radius 3 is 3.00 bits per heavy atom. The summed E-state index contributed by atoms with van der Waals surface area (Å²) in [5.41, 5.74) is 1.46. The second-order valence-corrected chi connectivity index (χ2v) is 6.91. The number of thiophene rings is 1. The van der Waals surface area contributed by atoms with Crippen LogP contribution in [0.15, 0.2) is 40.5 Å². The van der Waals surface area contributed by atoms with Crippen LogP contribution in [-0.4, -0.2) is 32.3 Å². The Hall–Kier alpha value is -2.54. The smallest absolute Gasteiger partial charge is 0.278 e. The van der Waals surface area contributed by atoms with Crippen molar-refractivity contribution in [2.45, 2.75) is 25.9 Å². The van der Waals surface area contributed by atoms with Crippen molar-refractivity contribution in [2.75, 3.05) is 6.54 Å². The van der Waals surface area contributed by atoms with Crippen molar-refractivity contribution in [1.82, 2.24) is 19.9 Å². The Labute approximate surface area is 142 Å². The highest BCUT2D eigenvalue weighted by Crippen LogP contribution is 2.25. The number of amides is 1. The lowest BCUT2D eigenvalue weighted by molar-refractivity contribution is -0.135. The van der Waals surface area contributed by atoms with Crippen LogP contribution in [0.4, 0.5) is 0 Å². The summed E-state index contributed by atoms with van der Waals surface area (Å²) in [5.74, 6) is -0.0986. The van der Waals surface area contributed by atoms with Crippen LogP contribution >= 0.6 is 11.3 Å². The lowest BCUT2D eigenvalue weighted by Gasteiger charge is -2.29. The van der Waals surface area contributed by atoms with Crippen LogP contribution in [0.5, 0.6) is 0 Å². The highest BCUT2D eigenvalue weighted by atomic mass is 32.1. The van der Waals surface area contributed by atoms with Gasteiger partial charge in [0, 0.05) is 18.0 Å². The van der Waals surface area contributed by atoms with E-state index in [9.17, 15) is 9.59 Å². The molecule has 1 unspecified atom stereocenters. The van der Waals surface area contributed by atoms with Crippen LogP contribution in [0.2, 0.25) is 0 Å². The van der Waals surface area contributed by atoms with Gasteiger partial charge < -0.3 is 4.90 Å². The van der Waals surface area contributed by atoms with Gasteiger partial charge in [-0.2, -0.15) is 4.68 Å². The molecule has 0 spiro atoms. The van der Waals surface area contributed by atoms with Gasteiger partial charge in [-0.1, -0.05) is 17.3 Å². The molecular formula is C17H16N4O2S. The molecule has 0 aliphatic carbocycles. The van der Waals surface area contributed by atoms with Gasteiger partial charge in [0.05, 0.1) is 5.39 Å². The predicted molar refractivity (Wildman–Crippen MR) is 91.9 cm³/mol. The van der Waals surface area contributed by atoms with E-state index < -0.39 is 6.04 Å². The first-order chi connectivity index (χ1) is 11.6. The van der Waals surface area contributed by atoms with E-state index >= 15 is 0 Å². The fraction of sp³-hybridized carbons (Fsp3) is 0.294. The number of aromatic nitrogens is 3. The third-order valence-electron chi connectivity index (χ3n) is 4.43. The van der Waals surface area contributed by atoms with Crippen LogP contribution < -0.4 is 5.56 Å². The molecule has 1 aliphatic rings. The highest BCUT2D eigenvalue weighted by Gasteiger charge is 2.27. The average molecular weight is 340 g/mol. The van der Waals surface area contributed by atoms with E-state index in [-0.39, 0.29) is 11.5 Å². The summed E-state index contributed by atoms with van der Waals surface area (Å²) >= 11 is 1.73. The van der Waals surface area contributed by atoms with E-state index in [4.69, 9.17) is 0 Å². The number of fused-ring (bicyclic) bond motifs is 2. The molecule has 3 heterocycles. The van der Waals surface area contributed by atoms with Crippen molar-refractivity contribution in [3.63, 3.8) is 0 Å². The molecule has 0 saturated carbocycles. The number of benzene rings is 1. The molecule has 3 aromatic rings. The molecule has 122 valence electrons. The second kappa shape index (κ2) is 5.83. The van der Waals surface area contributed by atoms with E-state index in [0.29, 0.717) is 24.0 Å². The third kappa shape index (κ3) is 2.41. The summed E-state index contributed by atoms with van der Waals surface area (Å²) in [7, 11) is 0. The Morgan fingerprint density at radius 2 is 2.12 bits per heavy atom. The standard InChI is InChI=1S/C17H16N4O2S/c1-11(16(22)20-8-6-15-12(10-20)7-9-24-15)21-17(23)13-4-2-3-5-14(13)18-19-21/h2-5,7,9,11H,6,8,10H2,1H3. The minimum atomic E-state index is -0.671. The van der Waals surface area contributed by atoms with E-state index in [1.165, 1.54) is 15.1 Å². The molecule has 1 aromatic carbocycles.